The van der Waals surface area contributed by atoms with Gasteiger partial charge in [-0.05, 0) is 24.6 Å². The van der Waals surface area contributed by atoms with E-state index in [0.29, 0.717) is 23.2 Å². The summed E-state index contributed by atoms with van der Waals surface area (Å²) in [5.41, 5.74) is 0.172. The van der Waals surface area contributed by atoms with Crippen molar-refractivity contribution >= 4 is 28.9 Å². The lowest BCUT2D eigenvalue weighted by Crippen LogP contribution is -2.27. The molecule has 0 bridgehead atoms. The molecule has 0 unspecified atom stereocenters. The topological polar surface area (TPSA) is 108 Å². The van der Waals surface area contributed by atoms with Crippen LogP contribution in [0.2, 0.25) is 5.02 Å². The molecular weight excluding hydrogens is 332 g/mol. The van der Waals surface area contributed by atoms with Gasteiger partial charge < -0.3 is 10.2 Å². The molecule has 2 aromatic rings. The molecule has 0 saturated carbocycles. The van der Waals surface area contributed by atoms with Crippen molar-refractivity contribution in [3.63, 3.8) is 0 Å². The maximum Gasteiger partial charge on any atom is 0.287 e. The summed E-state index contributed by atoms with van der Waals surface area (Å²) in [6.45, 7) is 1.47. The zero-order valence-electron chi connectivity index (χ0n) is 12.5. The van der Waals surface area contributed by atoms with E-state index in [0.717, 1.165) is 13.0 Å². The summed E-state index contributed by atoms with van der Waals surface area (Å²) in [7, 11) is 0. The highest BCUT2D eigenvalue weighted by molar-refractivity contribution is 6.31. The molecule has 0 radical (unpaired) electrons. The van der Waals surface area contributed by atoms with Crippen molar-refractivity contribution in [1.29, 1.82) is 5.26 Å². The molecule has 0 aliphatic carbocycles. The second-order valence-electron chi connectivity index (χ2n) is 5.35. The molecular formula is C15H13ClN6O2. The molecule has 0 amide bonds. The second-order valence-corrected chi connectivity index (χ2v) is 5.75. The lowest BCUT2D eigenvalue weighted by atomic mass is 10.2. The van der Waals surface area contributed by atoms with Gasteiger partial charge in [-0.2, -0.15) is 5.26 Å². The summed E-state index contributed by atoms with van der Waals surface area (Å²) < 4.78 is 0. The Morgan fingerprint density at radius 3 is 2.92 bits per heavy atom. The van der Waals surface area contributed by atoms with Crippen LogP contribution in [0.1, 0.15) is 12.1 Å². The van der Waals surface area contributed by atoms with Gasteiger partial charge in [0.15, 0.2) is 5.69 Å². The Balaban J connectivity index is 1.65. The quantitative estimate of drug-likeness (QED) is 0.670. The van der Waals surface area contributed by atoms with E-state index >= 15 is 0 Å². The van der Waals surface area contributed by atoms with Gasteiger partial charge in [-0.25, -0.2) is 9.97 Å². The maximum atomic E-state index is 10.6. The third-order valence-corrected chi connectivity index (χ3v) is 4.07. The molecule has 8 nitrogen and oxygen atoms in total. The first kappa shape index (κ1) is 16.0. The van der Waals surface area contributed by atoms with Crippen molar-refractivity contribution in [2.45, 2.75) is 12.5 Å². The molecule has 122 valence electrons. The summed E-state index contributed by atoms with van der Waals surface area (Å²) in [5.74, 6) is 1.30. The third-order valence-electron chi connectivity index (χ3n) is 3.76. The largest absolute Gasteiger partial charge is 0.365 e. The number of hydrogen-bond donors (Lipinski definition) is 1. The monoisotopic (exact) mass is 344 g/mol. The van der Waals surface area contributed by atoms with Crippen molar-refractivity contribution in [2.24, 2.45) is 0 Å². The van der Waals surface area contributed by atoms with Crippen LogP contribution in [-0.2, 0) is 0 Å². The Labute approximate surface area is 142 Å². The maximum absolute atomic E-state index is 10.6. The lowest BCUT2D eigenvalue weighted by Gasteiger charge is -2.18. The highest BCUT2D eigenvalue weighted by Crippen LogP contribution is 2.23. The molecule has 1 aliphatic heterocycles. The molecule has 24 heavy (non-hydrogen) atoms. The van der Waals surface area contributed by atoms with E-state index in [4.69, 9.17) is 16.9 Å². The van der Waals surface area contributed by atoms with Gasteiger partial charge in [0, 0.05) is 25.2 Å². The van der Waals surface area contributed by atoms with Gasteiger partial charge in [0.1, 0.15) is 23.9 Å². The highest BCUT2D eigenvalue weighted by atomic mass is 35.5. The number of aromatic nitrogens is 2. The fourth-order valence-corrected chi connectivity index (χ4v) is 2.71. The van der Waals surface area contributed by atoms with Crippen LogP contribution in [-0.4, -0.2) is 34.0 Å². The second kappa shape index (κ2) is 6.68. The number of nitrogens with one attached hydrogen (secondary N) is 1. The number of nitriles is 1. The van der Waals surface area contributed by atoms with Crippen LogP contribution < -0.4 is 10.2 Å². The molecule has 2 aromatic heterocycles. The van der Waals surface area contributed by atoms with Crippen LogP contribution in [0.25, 0.3) is 0 Å². The van der Waals surface area contributed by atoms with Crippen LogP contribution in [0, 0.1) is 21.4 Å². The van der Waals surface area contributed by atoms with Crippen molar-refractivity contribution in [1.82, 2.24) is 9.97 Å². The van der Waals surface area contributed by atoms with Gasteiger partial charge in [0.05, 0.1) is 9.95 Å². The number of anilines is 2. The Bertz CT molecular complexity index is 805. The standard InChI is InChI=1S/C15H13ClN6O2/c16-12-2-4-15(20-13(12)7-17)21-6-5-10(9-21)19-14-3-1-11(8-18-14)22(23)24/h1-4,8,10H,5-6,9H2,(H,18,19)/t10-/m0/s1. The molecule has 1 saturated heterocycles. The van der Waals surface area contributed by atoms with Gasteiger partial charge in [-0.1, -0.05) is 11.6 Å². The van der Waals surface area contributed by atoms with Crippen LogP contribution in [0.4, 0.5) is 17.3 Å². The van der Waals surface area contributed by atoms with E-state index in [-0.39, 0.29) is 17.4 Å². The van der Waals surface area contributed by atoms with Crippen molar-refractivity contribution in [3.05, 3.63) is 51.3 Å². The summed E-state index contributed by atoms with van der Waals surface area (Å²) in [6, 6.07) is 8.58. The first-order valence-corrected chi connectivity index (χ1v) is 7.63. The molecule has 1 atom stereocenters. The molecule has 1 fully saturated rings. The van der Waals surface area contributed by atoms with Crippen LogP contribution >= 0.6 is 11.6 Å². The number of halogens is 1. The van der Waals surface area contributed by atoms with Gasteiger partial charge in [-0.15, -0.1) is 0 Å². The molecule has 0 aromatic carbocycles. The fraction of sp³-hybridized carbons (Fsp3) is 0.267. The molecule has 1 N–H and O–H groups in total. The summed E-state index contributed by atoms with van der Waals surface area (Å²) in [6.07, 6.45) is 2.10. The number of pyridine rings is 2. The van der Waals surface area contributed by atoms with Crippen LogP contribution in [0.5, 0.6) is 0 Å². The number of hydrogen-bond acceptors (Lipinski definition) is 7. The zero-order chi connectivity index (χ0) is 17.1. The van der Waals surface area contributed by atoms with Crippen molar-refractivity contribution < 1.29 is 4.92 Å². The van der Waals surface area contributed by atoms with Crippen LogP contribution in [0.15, 0.2) is 30.5 Å². The average molecular weight is 345 g/mol. The minimum Gasteiger partial charge on any atom is -0.365 e. The van der Waals surface area contributed by atoms with E-state index in [9.17, 15) is 10.1 Å². The Hall–Kier alpha value is -2.92. The van der Waals surface area contributed by atoms with E-state index in [2.05, 4.69) is 20.2 Å². The predicted molar refractivity (Wildman–Crippen MR) is 89.1 cm³/mol. The first-order chi connectivity index (χ1) is 11.6. The minimum absolute atomic E-state index is 0.0389. The minimum atomic E-state index is -0.479. The normalized spacial score (nSPS) is 16.7. The smallest absolute Gasteiger partial charge is 0.287 e. The van der Waals surface area contributed by atoms with Crippen LogP contribution in [0.3, 0.4) is 0 Å². The average Bonchev–Trinajstić information content (AvgIpc) is 3.04. The van der Waals surface area contributed by atoms with Gasteiger partial charge >= 0.3 is 0 Å². The van der Waals surface area contributed by atoms with Crippen molar-refractivity contribution in [3.8, 4) is 6.07 Å². The summed E-state index contributed by atoms with van der Waals surface area (Å²) in [4.78, 5) is 20.5. The first-order valence-electron chi connectivity index (χ1n) is 7.25. The molecule has 0 spiro atoms. The van der Waals surface area contributed by atoms with Gasteiger partial charge in [0.25, 0.3) is 5.69 Å². The molecule has 1 aliphatic rings. The SMILES string of the molecule is N#Cc1nc(N2CC[C@H](Nc3ccc([N+](=O)[O-])cn3)C2)ccc1Cl. The highest BCUT2D eigenvalue weighted by Gasteiger charge is 2.24. The summed E-state index contributed by atoms with van der Waals surface area (Å²) in [5, 5.41) is 23.2. The Morgan fingerprint density at radius 1 is 1.42 bits per heavy atom. The van der Waals surface area contributed by atoms with E-state index in [1.807, 2.05) is 6.07 Å². The van der Waals surface area contributed by atoms with E-state index in [1.165, 1.54) is 12.3 Å². The van der Waals surface area contributed by atoms with Gasteiger partial charge in [-0.3, -0.25) is 10.1 Å². The Morgan fingerprint density at radius 2 is 2.25 bits per heavy atom. The Kier molecular flexibility index (Phi) is 4.44. The van der Waals surface area contributed by atoms with E-state index < -0.39 is 4.92 Å². The summed E-state index contributed by atoms with van der Waals surface area (Å²) >= 11 is 5.90. The lowest BCUT2D eigenvalue weighted by molar-refractivity contribution is -0.385. The number of nitrogens with zero attached hydrogens (tertiary/aromatic N) is 5. The fourth-order valence-electron chi connectivity index (χ4n) is 2.56. The molecule has 3 rings (SSSR count). The number of nitro groups is 1. The van der Waals surface area contributed by atoms with Gasteiger partial charge in [0.2, 0.25) is 0 Å². The molecule has 9 heteroatoms. The zero-order valence-corrected chi connectivity index (χ0v) is 13.3. The predicted octanol–water partition coefficient (Wildman–Crippen LogP) is 2.60. The third kappa shape index (κ3) is 3.36. The molecule has 3 heterocycles. The van der Waals surface area contributed by atoms with Crippen molar-refractivity contribution in [2.75, 3.05) is 23.3 Å². The van der Waals surface area contributed by atoms with E-state index in [1.54, 1.807) is 18.2 Å². The number of rotatable bonds is 4.